The number of nitrogens with zero attached hydrogens (tertiary/aromatic N) is 2. The Morgan fingerprint density at radius 1 is 1.17 bits per heavy atom. The molecule has 4 rings (SSSR count). The number of amides is 1. The quantitative estimate of drug-likeness (QED) is 0.516. The van der Waals surface area contributed by atoms with Gasteiger partial charge in [-0.25, -0.2) is 17.8 Å². The lowest BCUT2D eigenvalue weighted by atomic mass is 10.0. The second-order valence-corrected chi connectivity index (χ2v) is 11.1. The number of halogens is 1. The second kappa shape index (κ2) is 10.3. The van der Waals surface area contributed by atoms with Crippen LogP contribution in [0.1, 0.15) is 42.3 Å². The molecule has 0 aliphatic carbocycles. The molecule has 7 nitrogen and oxygen atoms in total. The van der Waals surface area contributed by atoms with Gasteiger partial charge in [-0.05, 0) is 62.2 Å². The van der Waals surface area contributed by atoms with E-state index in [0.717, 1.165) is 28.8 Å². The van der Waals surface area contributed by atoms with Gasteiger partial charge in [-0.3, -0.25) is 4.79 Å². The maximum Gasteiger partial charge on any atom is 0.254 e. The number of fused-ring (bicyclic) bond motifs is 1. The number of hydrogen-bond acceptors (Lipinski definition) is 6. The molecule has 0 saturated carbocycles. The van der Waals surface area contributed by atoms with E-state index in [0.29, 0.717) is 18.9 Å². The van der Waals surface area contributed by atoms with Gasteiger partial charge in [0.15, 0.2) is 9.84 Å². The van der Waals surface area contributed by atoms with Crippen molar-refractivity contribution in [2.45, 2.75) is 44.7 Å². The molecular weight excluding hydrogens is 481 g/mol. The first-order chi connectivity index (χ1) is 17.1. The van der Waals surface area contributed by atoms with Crippen LogP contribution in [0, 0.1) is 5.82 Å². The normalized spacial score (nSPS) is 13.7. The van der Waals surface area contributed by atoms with Crippen LogP contribution in [0.25, 0.3) is 11.1 Å². The number of pyridine rings is 1. The Balaban J connectivity index is 1.63. The molecule has 2 heterocycles. The van der Waals surface area contributed by atoms with Crippen molar-refractivity contribution in [1.29, 1.82) is 0 Å². The zero-order valence-electron chi connectivity index (χ0n) is 20.8. The fourth-order valence-corrected chi connectivity index (χ4v) is 5.06. The predicted molar refractivity (Wildman–Crippen MR) is 138 cm³/mol. The van der Waals surface area contributed by atoms with Crippen molar-refractivity contribution in [2.75, 3.05) is 24.7 Å². The molecule has 190 valence electrons. The molecule has 0 unspecified atom stereocenters. The SMILES string of the molecule is CCc1c(C(=O)N2CCOc3ccc(-c4ccc(NC(C)C)nc4)cc3C2)ccc(S(C)(=O)=O)c1F. The molecule has 0 saturated heterocycles. The monoisotopic (exact) mass is 511 g/mol. The van der Waals surface area contributed by atoms with Crippen LogP contribution in [0.3, 0.4) is 0 Å². The summed E-state index contributed by atoms with van der Waals surface area (Å²) in [6, 6.07) is 12.6. The molecule has 36 heavy (non-hydrogen) atoms. The third-order valence-electron chi connectivity index (χ3n) is 6.05. The Morgan fingerprint density at radius 2 is 1.92 bits per heavy atom. The zero-order valence-corrected chi connectivity index (χ0v) is 21.7. The zero-order chi connectivity index (χ0) is 26.0. The average molecular weight is 512 g/mol. The molecule has 1 aliphatic heterocycles. The lowest BCUT2D eigenvalue weighted by molar-refractivity contribution is 0.0731. The molecule has 0 atom stereocenters. The fraction of sp³-hybridized carbons (Fsp3) is 0.333. The van der Waals surface area contributed by atoms with Crippen molar-refractivity contribution in [3.63, 3.8) is 0 Å². The minimum Gasteiger partial charge on any atom is -0.491 e. The van der Waals surface area contributed by atoms with E-state index < -0.39 is 20.5 Å². The fourth-order valence-electron chi connectivity index (χ4n) is 4.30. The van der Waals surface area contributed by atoms with Crippen LogP contribution in [-0.2, 0) is 22.8 Å². The van der Waals surface area contributed by atoms with Crippen LogP contribution in [0.15, 0.2) is 53.6 Å². The van der Waals surface area contributed by atoms with Gasteiger partial charge in [0.2, 0.25) is 0 Å². The minimum atomic E-state index is -3.75. The number of ether oxygens (including phenoxy) is 1. The van der Waals surface area contributed by atoms with E-state index in [9.17, 15) is 13.2 Å². The summed E-state index contributed by atoms with van der Waals surface area (Å²) in [5, 5.41) is 3.26. The Morgan fingerprint density at radius 3 is 2.56 bits per heavy atom. The van der Waals surface area contributed by atoms with Gasteiger partial charge < -0.3 is 15.0 Å². The highest BCUT2D eigenvalue weighted by molar-refractivity contribution is 7.90. The molecule has 1 N–H and O–H groups in total. The van der Waals surface area contributed by atoms with Crippen LogP contribution >= 0.6 is 0 Å². The van der Waals surface area contributed by atoms with Gasteiger partial charge in [-0.2, -0.15) is 0 Å². The van der Waals surface area contributed by atoms with E-state index in [4.69, 9.17) is 4.74 Å². The van der Waals surface area contributed by atoms with Crippen LogP contribution in [0.2, 0.25) is 0 Å². The number of anilines is 1. The van der Waals surface area contributed by atoms with Gasteiger partial charge >= 0.3 is 0 Å². The number of nitrogens with one attached hydrogen (secondary N) is 1. The minimum absolute atomic E-state index is 0.100. The van der Waals surface area contributed by atoms with Gasteiger partial charge in [-0.15, -0.1) is 0 Å². The van der Waals surface area contributed by atoms with Gasteiger partial charge in [-0.1, -0.05) is 13.0 Å². The van der Waals surface area contributed by atoms with Crippen LogP contribution in [0.5, 0.6) is 5.75 Å². The van der Waals surface area contributed by atoms with Gasteiger partial charge in [0.1, 0.15) is 28.9 Å². The maximum atomic E-state index is 15.0. The number of rotatable bonds is 6. The first kappa shape index (κ1) is 25.6. The Hall–Kier alpha value is -3.46. The molecule has 0 radical (unpaired) electrons. The van der Waals surface area contributed by atoms with Crippen molar-refractivity contribution >= 4 is 21.6 Å². The number of carbonyl (C=O) groups is 1. The largest absolute Gasteiger partial charge is 0.491 e. The maximum absolute atomic E-state index is 15.0. The summed E-state index contributed by atoms with van der Waals surface area (Å²) in [6.45, 7) is 6.69. The van der Waals surface area contributed by atoms with Crippen molar-refractivity contribution in [1.82, 2.24) is 9.88 Å². The smallest absolute Gasteiger partial charge is 0.254 e. The molecule has 1 amide bonds. The Kier molecular flexibility index (Phi) is 7.31. The van der Waals surface area contributed by atoms with Gasteiger partial charge in [0, 0.05) is 47.3 Å². The molecule has 0 spiro atoms. The highest BCUT2D eigenvalue weighted by atomic mass is 32.2. The molecule has 1 aromatic heterocycles. The number of sulfone groups is 1. The van der Waals surface area contributed by atoms with Crippen LogP contribution < -0.4 is 10.1 Å². The molecule has 3 aromatic rings. The average Bonchev–Trinajstić information content (AvgIpc) is 3.04. The Labute approximate surface area is 211 Å². The Bertz CT molecular complexity index is 1390. The number of aromatic nitrogens is 1. The second-order valence-electron chi connectivity index (χ2n) is 9.16. The highest BCUT2D eigenvalue weighted by Crippen LogP contribution is 2.31. The van der Waals surface area contributed by atoms with Crippen LogP contribution in [0.4, 0.5) is 10.2 Å². The summed E-state index contributed by atoms with van der Waals surface area (Å²) in [5.41, 5.74) is 2.96. The molecule has 1 aliphatic rings. The van der Waals surface area contributed by atoms with E-state index in [1.165, 1.54) is 12.1 Å². The molecule has 0 bridgehead atoms. The number of hydrogen-bond donors (Lipinski definition) is 1. The first-order valence-corrected chi connectivity index (χ1v) is 13.8. The highest BCUT2D eigenvalue weighted by Gasteiger charge is 2.27. The summed E-state index contributed by atoms with van der Waals surface area (Å²) in [4.78, 5) is 19.2. The van der Waals surface area contributed by atoms with E-state index in [2.05, 4.69) is 10.3 Å². The van der Waals surface area contributed by atoms with Crippen molar-refractivity contribution < 1.29 is 22.3 Å². The van der Waals surface area contributed by atoms with E-state index in [1.807, 2.05) is 44.2 Å². The number of benzene rings is 2. The van der Waals surface area contributed by atoms with E-state index in [1.54, 1.807) is 18.0 Å². The lowest BCUT2D eigenvalue weighted by Gasteiger charge is -2.22. The van der Waals surface area contributed by atoms with Gasteiger partial charge in [0.05, 0.1) is 6.54 Å². The third-order valence-corrected chi connectivity index (χ3v) is 7.17. The predicted octanol–water partition coefficient (Wildman–Crippen LogP) is 4.71. The number of carbonyl (C=O) groups excluding carboxylic acids is 1. The summed E-state index contributed by atoms with van der Waals surface area (Å²) >= 11 is 0. The van der Waals surface area contributed by atoms with Crippen LogP contribution in [-0.4, -0.2) is 49.7 Å². The first-order valence-electron chi connectivity index (χ1n) is 11.9. The van der Waals surface area contributed by atoms with Gasteiger partial charge in [0.25, 0.3) is 5.91 Å². The third kappa shape index (κ3) is 5.36. The van der Waals surface area contributed by atoms with E-state index in [-0.39, 0.29) is 36.0 Å². The van der Waals surface area contributed by atoms with Crippen molar-refractivity contribution in [2.24, 2.45) is 0 Å². The summed E-state index contributed by atoms with van der Waals surface area (Å²) in [7, 11) is -3.75. The molecule has 0 fully saturated rings. The topological polar surface area (TPSA) is 88.6 Å². The standard InChI is InChI=1S/C27H30FN3O4S/c1-5-21-22(8-10-24(26(21)28)36(4,33)34)27(32)31-12-13-35-23-9-6-18(14-20(23)16-31)19-7-11-25(29-15-19)30-17(2)3/h6-11,14-15,17H,5,12-13,16H2,1-4H3,(H,29,30). The van der Waals surface area contributed by atoms with Crippen molar-refractivity contribution in [3.8, 4) is 16.9 Å². The van der Waals surface area contributed by atoms with Crippen molar-refractivity contribution in [3.05, 3.63) is 71.2 Å². The molecule has 2 aromatic carbocycles. The summed E-state index contributed by atoms with van der Waals surface area (Å²) in [5.74, 6) is 0.264. The molecular formula is C27H30FN3O4S. The van der Waals surface area contributed by atoms with E-state index >= 15 is 4.39 Å². The lowest BCUT2D eigenvalue weighted by Crippen LogP contribution is -2.33. The summed E-state index contributed by atoms with van der Waals surface area (Å²) in [6.07, 6.45) is 2.94. The molecule has 9 heteroatoms. The summed E-state index contributed by atoms with van der Waals surface area (Å²) < 4.78 is 44.8.